The summed E-state index contributed by atoms with van der Waals surface area (Å²) in [6.07, 6.45) is 2.91. The van der Waals surface area contributed by atoms with E-state index >= 15 is 0 Å². The van der Waals surface area contributed by atoms with Crippen molar-refractivity contribution in [3.8, 4) is 0 Å². The van der Waals surface area contributed by atoms with Gasteiger partial charge in [0.05, 0.1) is 20.4 Å². The third-order valence-electron chi connectivity index (χ3n) is 3.81. The number of carboxylic acid groups (broad SMARTS) is 1. The van der Waals surface area contributed by atoms with E-state index in [9.17, 15) is 15.0 Å². The van der Waals surface area contributed by atoms with Crippen LogP contribution >= 0.6 is 11.6 Å². The maximum absolute atomic E-state index is 11.5. The van der Waals surface area contributed by atoms with Crippen LogP contribution in [-0.2, 0) is 17.8 Å². The van der Waals surface area contributed by atoms with Crippen molar-refractivity contribution < 1.29 is 15.0 Å². The Morgan fingerprint density at radius 3 is 2.79 bits per heavy atom. The van der Waals surface area contributed by atoms with Crippen LogP contribution < -0.4 is 0 Å². The van der Waals surface area contributed by atoms with E-state index < -0.39 is 11.9 Å². The number of aliphatic hydroxyl groups is 1. The highest BCUT2D eigenvalue weighted by Crippen LogP contribution is 2.42. The quantitative estimate of drug-likeness (QED) is 0.814. The molecule has 0 aliphatic heterocycles. The van der Waals surface area contributed by atoms with Crippen LogP contribution in [0.1, 0.15) is 35.4 Å². The van der Waals surface area contributed by atoms with E-state index in [0.717, 1.165) is 30.4 Å². The molecule has 19 heavy (non-hydrogen) atoms. The van der Waals surface area contributed by atoms with Crippen LogP contribution in [-0.4, -0.2) is 24.0 Å². The molecule has 0 heterocycles. The van der Waals surface area contributed by atoms with Crippen molar-refractivity contribution >= 4 is 25.4 Å². The predicted molar refractivity (Wildman–Crippen MR) is 74.7 cm³/mol. The number of fused-ring (bicyclic) bond motifs is 1. The van der Waals surface area contributed by atoms with Crippen molar-refractivity contribution in [3.05, 3.63) is 33.8 Å². The van der Waals surface area contributed by atoms with Crippen LogP contribution in [0, 0.1) is 5.92 Å². The normalized spacial score (nSPS) is 21.4. The van der Waals surface area contributed by atoms with Gasteiger partial charge in [-0.15, -0.1) is 0 Å². The number of halogens is 1. The molecule has 2 atom stereocenters. The molecular weight excluding hydrogens is 262 g/mol. The minimum absolute atomic E-state index is 0.0704. The molecule has 2 rings (SSSR count). The summed E-state index contributed by atoms with van der Waals surface area (Å²) in [5, 5.41) is 19.2. The third-order valence-corrected chi connectivity index (χ3v) is 4.16. The molecule has 0 spiro atoms. The lowest BCUT2D eigenvalue weighted by Gasteiger charge is -2.16. The monoisotopic (exact) mass is 278 g/mol. The van der Waals surface area contributed by atoms with Gasteiger partial charge in [-0.2, -0.15) is 0 Å². The van der Waals surface area contributed by atoms with E-state index in [1.165, 1.54) is 0 Å². The van der Waals surface area contributed by atoms with Gasteiger partial charge in [0.15, 0.2) is 0 Å². The second-order valence-electron chi connectivity index (χ2n) is 5.01. The lowest BCUT2D eigenvalue weighted by Crippen LogP contribution is -2.17. The van der Waals surface area contributed by atoms with Gasteiger partial charge >= 0.3 is 5.97 Å². The average molecular weight is 279 g/mol. The van der Waals surface area contributed by atoms with Crippen molar-refractivity contribution in [2.75, 3.05) is 0 Å². The molecule has 0 amide bonds. The van der Waals surface area contributed by atoms with Crippen molar-refractivity contribution in [2.24, 2.45) is 5.92 Å². The standard InChI is InChI=1S/C14H16BClO3/c15-3-1-2-8-4-9-6-12(16)10(7-17)5-11(9)13(8)14(18)19/h5-6,8,13,17H,1-4,7H2,(H,18,19). The molecule has 0 saturated heterocycles. The van der Waals surface area contributed by atoms with E-state index in [2.05, 4.69) is 0 Å². The molecule has 0 bridgehead atoms. The Morgan fingerprint density at radius 2 is 2.21 bits per heavy atom. The Bertz CT molecular complexity index is 490. The van der Waals surface area contributed by atoms with Gasteiger partial charge in [-0.25, -0.2) is 0 Å². The van der Waals surface area contributed by atoms with Crippen molar-refractivity contribution in [1.82, 2.24) is 0 Å². The lowest BCUT2D eigenvalue weighted by molar-refractivity contribution is -0.139. The number of carbonyl (C=O) groups is 1. The summed E-state index contributed by atoms with van der Waals surface area (Å²) in [4.78, 5) is 11.5. The average Bonchev–Trinajstić information content (AvgIpc) is 2.72. The minimum Gasteiger partial charge on any atom is -0.481 e. The number of rotatable bonds is 5. The Balaban J connectivity index is 2.36. The van der Waals surface area contributed by atoms with E-state index in [1.807, 2.05) is 0 Å². The van der Waals surface area contributed by atoms with Crippen molar-refractivity contribution in [3.63, 3.8) is 0 Å². The third kappa shape index (κ3) is 2.80. The zero-order valence-electron chi connectivity index (χ0n) is 10.6. The highest BCUT2D eigenvalue weighted by Gasteiger charge is 2.37. The molecule has 1 aliphatic rings. The number of benzene rings is 1. The second-order valence-corrected chi connectivity index (χ2v) is 5.42. The van der Waals surface area contributed by atoms with Crippen LogP contribution in [0.3, 0.4) is 0 Å². The van der Waals surface area contributed by atoms with Crippen LogP contribution in [0.4, 0.5) is 0 Å². The van der Waals surface area contributed by atoms with Gasteiger partial charge in [0.25, 0.3) is 0 Å². The topological polar surface area (TPSA) is 57.5 Å². The summed E-state index contributed by atoms with van der Waals surface area (Å²) in [5.74, 6) is -1.25. The van der Waals surface area contributed by atoms with Gasteiger partial charge in [-0.05, 0) is 41.5 Å². The lowest BCUT2D eigenvalue weighted by atomic mass is 9.86. The molecule has 100 valence electrons. The van der Waals surface area contributed by atoms with E-state index in [-0.39, 0.29) is 12.5 Å². The zero-order valence-corrected chi connectivity index (χ0v) is 11.4. The molecule has 0 saturated carbocycles. The van der Waals surface area contributed by atoms with Gasteiger partial charge in [0.1, 0.15) is 0 Å². The first kappa shape index (κ1) is 14.4. The Kier molecular flexibility index (Phi) is 4.53. The summed E-state index contributed by atoms with van der Waals surface area (Å²) in [5.41, 5.74) is 2.37. The zero-order chi connectivity index (χ0) is 14.0. The van der Waals surface area contributed by atoms with Crippen LogP contribution in [0.5, 0.6) is 0 Å². The summed E-state index contributed by atoms with van der Waals surface area (Å²) >= 11 is 6.06. The molecule has 0 fully saturated rings. The fraction of sp³-hybridized carbons (Fsp3) is 0.500. The maximum atomic E-state index is 11.5. The molecule has 2 radical (unpaired) electrons. The molecule has 5 heteroatoms. The van der Waals surface area contributed by atoms with Crippen molar-refractivity contribution in [2.45, 2.75) is 38.1 Å². The fourth-order valence-electron chi connectivity index (χ4n) is 2.90. The van der Waals surface area contributed by atoms with E-state index in [4.69, 9.17) is 19.4 Å². The first-order valence-corrected chi connectivity index (χ1v) is 6.81. The number of aliphatic hydroxyl groups excluding tert-OH is 1. The Labute approximate surface area is 119 Å². The van der Waals surface area contributed by atoms with E-state index in [0.29, 0.717) is 16.9 Å². The van der Waals surface area contributed by atoms with Crippen LogP contribution in [0.2, 0.25) is 11.3 Å². The summed E-state index contributed by atoms with van der Waals surface area (Å²) in [6.45, 7) is -0.175. The summed E-state index contributed by atoms with van der Waals surface area (Å²) < 4.78 is 0. The molecule has 2 unspecified atom stereocenters. The van der Waals surface area contributed by atoms with Crippen LogP contribution in [0.15, 0.2) is 12.1 Å². The smallest absolute Gasteiger partial charge is 0.311 e. The number of carboxylic acids is 1. The highest BCUT2D eigenvalue weighted by atomic mass is 35.5. The largest absolute Gasteiger partial charge is 0.481 e. The second kappa shape index (κ2) is 5.97. The molecule has 1 aromatic carbocycles. The van der Waals surface area contributed by atoms with E-state index in [1.54, 1.807) is 12.1 Å². The molecule has 3 nitrogen and oxygen atoms in total. The first-order valence-electron chi connectivity index (χ1n) is 6.43. The number of hydrogen-bond acceptors (Lipinski definition) is 2. The van der Waals surface area contributed by atoms with Gasteiger partial charge in [0.2, 0.25) is 0 Å². The summed E-state index contributed by atoms with van der Waals surface area (Å²) in [6, 6.07) is 3.53. The number of aliphatic carboxylic acids is 1. The van der Waals surface area contributed by atoms with Gasteiger partial charge in [-0.3, -0.25) is 4.79 Å². The number of hydrogen-bond donors (Lipinski definition) is 2. The first-order chi connectivity index (χ1) is 9.08. The molecular formula is C14H16BClO3. The van der Waals surface area contributed by atoms with Gasteiger partial charge < -0.3 is 10.2 Å². The van der Waals surface area contributed by atoms with Gasteiger partial charge in [-0.1, -0.05) is 30.4 Å². The molecule has 0 aromatic heterocycles. The predicted octanol–water partition coefficient (Wildman–Crippen LogP) is 2.54. The molecule has 1 aliphatic carbocycles. The minimum atomic E-state index is -0.813. The highest BCUT2D eigenvalue weighted by molar-refractivity contribution is 6.31. The van der Waals surface area contributed by atoms with Crippen LogP contribution in [0.25, 0.3) is 0 Å². The maximum Gasteiger partial charge on any atom is 0.311 e. The molecule has 2 N–H and O–H groups in total. The Morgan fingerprint density at radius 1 is 1.47 bits per heavy atom. The van der Waals surface area contributed by atoms with Crippen molar-refractivity contribution in [1.29, 1.82) is 0 Å². The van der Waals surface area contributed by atoms with Gasteiger partial charge in [0, 0.05) is 5.02 Å². The fourth-order valence-corrected chi connectivity index (χ4v) is 3.15. The summed E-state index contributed by atoms with van der Waals surface area (Å²) in [7, 11) is 5.50. The Hall–Kier alpha value is -0.995. The SMILES string of the molecule is [B]CCCC1Cc2cc(Cl)c(CO)cc2C1C(=O)O. The molecule has 1 aromatic rings.